The molecule has 0 atom stereocenters. The van der Waals surface area contributed by atoms with Crippen molar-refractivity contribution >= 4 is 24.2 Å². The third kappa shape index (κ3) is 10.5. The summed E-state index contributed by atoms with van der Waals surface area (Å²) in [5.74, 6) is -0.396. The largest absolute Gasteiger partial charge is 0.513 e. The smallest absolute Gasteiger partial charge is 0.462 e. The Bertz CT molecular complexity index is 901. The van der Waals surface area contributed by atoms with E-state index in [0.717, 1.165) is 12.8 Å². The van der Waals surface area contributed by atoms with Crippen molar-refractivity contribution in [1.29, 1.82) is 0 Å². The molecule has 0 bridgehead atoms. The number of ether oxygens (including phenoxy) is 6. The van der Waals surface area contributed by atoms with E-state index in [1.165, 1.54) is 48.5 Å². The van der Waals surface area contributed by atoms with E-state index in [0.29, 0.717) is 24.0 Å². The number of carbonyl (C=O) groups is 4. The molecule has 0 spiro atoms. The van der Waals surface area contributed by atoms with Gasteiger partial charge in [-0.3, -0.25) is 0 Å². The predicted octanol–water partition coefficient (Wildman–Crippen LogP) is 5.33. The summed E-state index contributed by atoms with van der Waals surface area (Å²) in [7, 11) is 0. The minimum absolute atomic E-state index is 0.208. The third-order valence-electron chi connectivity index (χ3n) is 4.61. The molecule has 0 saturated carbocycles. The maximum atomic E-state index is 12.1. The molecule has 10 heteroatoms. The molecule has 10 nitrogen and oxygen atoms in total. The zero-order chi connectivity index (χ0) is 26.2. The minimum Gasteiger partial charge on any atom is -0.462 e. The first kappa shape index (κ1) is 28.2. The van der Waals surface area contributed by atoms with Crippen LogP contribution in [0.4, 0.5) is 9.59 Å². The molecule has 2 rings (SSSR count). The molecule has 0 heterocycles. The summed E-state index contributed by atoms with van der Waals surface area (Å²) in [5, 5.41) is 0. The summed E-state index contributed by atoms with van der Waals surface area (Å²) >= 11 is 0. The number of esters is 2. The van der Waals surface area contributed by atoms with Crippen LogP contribution < -0.4 is 9.47 Å². The van der Waals surface area contributed by atoms with Crippen LogP contribution in [0.2, 0.25) is 0 Å². The lowest BCUT2D eigenvalue weighted by molar-refractivity contribution is 0.0473. The molecule has 0 aliphatic heterocycles. The summed E-state index contributed by atoms with van der Waals surface area (Å²) in [5.41, 5.74) is 0.692. The fraction of sp³-hybridized carbons (Fsp3) is 0.385. The molecule has 36 heavy (non-hydrogen) atoms. The Labute approximate surface area is 209 Å². The maximum absolute atomic E-state index is 12.1. The van der Waals surface area contributed by atoms with E-state index in [9.17, 15) is 19.2 Å². The van der Waals surface area contributed by atoms with Crippen LogP contribution >= 0.6 is 0 Å². The van der Waals surface area contributed by atoms with Crippen molar-refractivity contribution in [3.8, 4) is 11.5 Å². The molecule has 0 fully saturated rings. The van der Waals surface area contributed by atoms with Crippen LogP contribution in [0, 0.1) is 0 Å². The van der Waals surface area contributed by atoms with E-state index in [-0.39, 0.29) is 37.9 Å². The molecule has 0 amide bonds. The molecule has 0 aliphatic rings. The highest BCUT2D eigenvalue weighted by Crippen LogP contribution is 2.15. The van der Waals surface area contributed by atoms with Gasteiger partial charge in [0.05, 0.1) is 37.6 Å². The minimum atomic E-state index is -0.806. The zero-order valence-corrected chi connectivity index (χ0v) is 20.4. The summed E-state index contributed by atoms with van der Waals surface area (Å²) < 4.78 is 29.7. The van der Waals surface area contributed by atoms with Gasteiger partial charge in [-0.1, -0.05) is 0 Å². The van der Waals surface area contributed by atoms with Crippen LogP contribution in [0.3, 0.4) is 0 Å². The number of rotatable bonds is 13. The summed E-state index contributed by atoms with van der Waals surface area (Å²) in [6.45, 7) is 4.29. The first-order valence-electron chi connectivity index (χ1n) is 11.7. The number of unbranched alkanes of at least 4 members (excludes halogenated alkanes) is 3. The van der Waals surface area contributed by atoms with Gasteiger partial charge < -0.3 is 28.4 Å². The first-order valence-corrected chi connectivity index (χ1v) is 11.7. The van der Waals surface area contributed by atoms with E-state index in [1.54, 1.807) is 13.8 Å². The molecule has 0 saturated heterocycles. The fourth-order valence-electron chi connectivity index (χ4n) is 2.86. The Morgan fingerprint density at radius 1 is 0.528 bits per heavy atom. The number of hydrogen-bond donors (Lipinski definition) is 0. The highest BCUT2D eigenvalue weighted by Gasteiger charge is 2.11. The van der Waals surface area contributed by atoms with Crippen molar-refractivity contribution in [3.63, 3.8) is 0 Å². The average Bonchev–Trinajstić information content (AvgIpc) is 2.86. The van der Waals surface area contributed by atoms with Gasteiger partial charge in [-0.2, -0.15) is 0 Å². The van der Waals surface area contributed by atoms with Crippen LogP contribution in [-0.2, 0) is 18.9 Å². The molecule has 2 aromatic carbocycles. The Morgan fingerprint density at radius 3 is 1.22 bits per heavy atom. The highest BCUT2D eigenvalue weighted by atomic mass is 16.7. The molecule has 0 unspecified atom stereocenters. The maximum Gasteiger partial charge on any atom is 0.513 e. The summed E-state index contributed by atoms with van der Waals surface area (Å²) in [6.07, 6.45) is 1.34. The zero-order valence-electron chi connectivity index (χ0n) is 20.4. The Kier molecular flexibility index (Phi) is 12.3. The van der Waals surface area contributed by atoms with Crippen molar-refractivity contribution in [2.24, 2.45) is 0 Å². The van der Waals surface area contributed by atoms with Crippen LogP contribution in [0.5, 0.6) is 11.5 Å². The van der Waals surface area contributed by atoms with Crippen molar-refractivity contribution in [2.45, 2.75) is 39.5 Å². The number of carbonyl (C=O) groups excluding carboxylic acids is 4. The van der Waals surface area contributed by atoms with Crippen LogP contribution in [0.1, 0.15) is 60.2 Å². The van der Waals surface area contributed by atoms with Gasteiger partial charge >= 0.3 is 24.2 Å². The molecule has 0 radical (unpaired) electrons. The number of benzene rings is 2. The van der Waals surface area contributed by atoms with Gasteiger partial charge in [-0.15, -0.1) is 0 Å². The lowest BCUT2D eigenvalue weighted by Gasteiger charge is -2.07. The average molecular weight is 503 g/mol. The topological polar surface area (TPSA) is 124 Å². The van der Waals surface area contributed by atoms with Gasteiger partial charge in [0.2, 0.25) is 0 Å². The summed E-state index contributed by atoms with van der Waals surface area (Å²) in [4.78, 5) is 46.7. The van der Waals surface area contributed by atoms with Crippen LogP contribution in [0.15, 0.2) is 48.5 Å². The van der Waals surface area contributed by atoms with E-state index in [1.807, 2.05) is 0 Å². The van der Waals surface area contributed by atoms with Gasteiger partial charge in [0.1, 0.15) is 11.5 Å². The second-order valence-corrected chi connectivity index (χ2v) is 7.30. The monoisotopic (exact) mass is 502 g/mol. The molecule has 194 valence electrons. The molecule has 2 aromatic rings. The molecule has 0 aromatic heterocycles. The van der Waals surface area contributed by atoms with Crippen molar-refractivity contribution < 1.29 is 47.6 Å². The van der Waals surface area contributed by atoms with Gasteiger partial charge in [0.15, 0.2) is 0 Å². The van der Waals surface area contributed by atoms with E-state index in [4.69, 9.17) is 18.9 Å². The number of hydrogen-bond acceptors (Lipinski definition) is 10. The lowest BCUT2D eigenvalue weighted by atomic mass is 10.2. The SMILES string of the molecule is CCOC(=O)Oc1ccc(C(=O)OCCCCCCOC(=O)c2ccc(OC(=O)OCC)cc2)cc1. The Hall–Kier alpha value is -4.08. The van der Waals surface area contributed by atoms with Crippen LogP contribution in [-0.4, -0.2) is 50.7 Å². The first-order chi connectivity index (χ1) is 17.4. The fourth-order valence-corrected chi connectivity index (χ4v) is 2.86. The quantitative estimate of drug-likeness (QED) is 0.154. The van der Waals surface area contributed by atoms with Crippen molar-refractivity contribution in [2.75, 3.05) is 26.4 Å². The molecule has 0 aliphatic carbocycles. The standard InChI is InChI=1S/C26H30O10/c1-3-31-25(29)35-21-13-9-19(10-14-21)23(27)33-17-7-5-6-8-18-34-24(28)20-11-15-22(16-12-20)36-26(30)32-4-2/h9-16H,3-8,17-18H2,1-2H3. The normalized spacial score (nSPS) is 10.2. The third-order valence-corrected chi connectivity index (χ3v) is 4.61. The van der Waals surface area contributed by atoms with Gasteiger partial charge in [-0.05, 0) is 88.1 Å². The van der Waals surface area contributed by atoms with Gasteiger partial charge in [0, 0.05) is 0 Å². The van der Waals surface area contributed by atoms with E-state index < -0.39 is 24.2 Å². The second-order valence-electron chi connectivity index (χ2n) is 7.30. The van der Waals surface area contributed by atoms with Gasteiger partial charge in [-0.25, -0.2) is 19.2 Å². The van der Waals surface area contributed by atoms with Crippen molar-refractivity contribution in [1.82, 2.24) is 0 Å². The van der Waals surface area contributed by atoms with E-state index >= 15 is 0 Å². The van der Waals surface area contributed by atoms with E-state index in [2.05, 4.69) is 9.47 Å². The highest BCUT2D eigenvalue weighted by molar-refractivity contribution is 5.90. The summed E-state index contributed by atoms with van der Waals surface area (Å²) in [6, 6.07) is 12.0. The molecular formula is C26H30O10. The van der Waals surface area contributed by atoms with Crippen LogP contribution in [0.25, 0.3) is 0 Å². The molecular weight excluding hydrogens is 472 g/mol. The Morgan fingerprint density at radius 2 is 0.889 bits per heavy atom. The molecule has 0 N–H and O–H groups in total. The Balaban J connectivity index is 1.56. The predicted molar refractivity (Wildman–Crippen MR) is 127 cm³/mol. The van der Waals surface area contributed by atoms with Crippen molar-refractivity contribution in [3.05, 3.63) is 59.7 Å². The second kappa shape index (κ2) is 15.8. The van der Waals surface area contributed by atoms with Gasteiger partial charge in [0.25, 0.3) is 0 Å². The lowest BCUT2D eigenvalue weighted by Crippen LogP contribution is -2.10.